The second-order valence-electron chi connectivity index (χ2n) is 2.63. The van der Waals surface area contributed by atoms with Crippen molar-refractivity contribution in [2.45, 2.75) is 31.5 Å². The topological polar surface area (TPSA) is 29.5 Å². The maximum absolute atomic E-state index is 9.35. The molecule has 0 aromatic carbocycles. The molecule has 2 heteroatoms. The van der Waals surface area contributed by atoms with Gasteiger partial charge in [0, 0.05) is 6.61 Å². The number of hydrogen-bond acceptors (Lipinski definition) is 2. The van der Waals surface area contributed by atoms with Crippen LogP contribution in [0.5, 0.6) is 0 Å². The van der Waals surface area contributed by atoms with Gasteiger partial charge in [-0.05, 0) is 19.3 Å². The van der Waals surface area contributed by atoms with Crippen LogP contribution in [0.15, 0.2) is 12.7 Å². The van der Waals surface area contributed by atoms with E-state index in [9.17, 15) is 5.11 Å². The lowest BCUT2D eigenvalue weighted by Gasteiger charge is -2.15. The zero-order valence-corrected chi connectivity index (χ0v) is 6.12. The minimum absolute atomic E-state index is 0.137. The van der Waals surface area contributed by atoms with Crippen LogP contribution in [0.25, 0.3) is 0 Å². The summed E-state index contributed by atoms with van der Waals surface area (Å²) in [5.74, 6) is 0. The van der Waals surface area contributed by atoms with Gasteiger partial charge in [-0.2, -0.15) is 0 Å². The number of hydrogen-bond donors (Lipinski definition) is 1. The Morgan fingerprint density at radius 2 is 2.30 bits per heavy atom. The van der Waals surface area contributed by atoms with Gasteiger partial charge in [0.05, 0.1) is 6.10 Å². The molecule has 0 bridgehead atoms. The fourth-order valence-electron chi connectivity index (χ4n) is 1.18. The Bertz CT molecular complexity index is 112. The van der Waals surface area contributed by atoms with Crippen molar-refractivity contribution in [1.29, 1.82) is 0 Å². The Hall–Kier alpha value is -0.340. The van der Waals surface area contributed by atoms with Crippen LogP contribution < -0.4 is 0 Å². The molecular formula is C8H14O2. The zero-order chi connectivity index (χ0) is 7.40. The summed E-state index contributed by atoms with van der Waals surface area (Å²) in [7, 11) is 0. The first kappa shape index (κ1) is 7.76. The van der Waals surface area contributed by atoms with Gasteiger partial charge in [0.15, 0.2) is 0 Å². The quantitative estimate of drug-likeness (QED) is 0.555. The second kappa shape index (κ2) is 3.74. The van der Waals surface area contributed by atoms with Crippen molar-refractivity contribution in [2.75, 3.05) is 6.61 Å². The van der Waals surface area contributed by atoms with Crippen LogP contribution in [0.1, 0.15) is 19.3 Å². The largest absolute Gasteiger partial charge is 0.390 e. The average Bonchev–Trinajstić information content (AvgIpc) is 2.13. The third kappa shape index (κ3) is 1.82. The first-order valence-corrected chi connectivity index (χ1v) is 3.77. The number of aliphatic hydroxyl groups is 1. The van der Waals surface area contributed by atoms with Crippen LogP contribution in [-0.2, 0) is 4.74 Å². The summed E-state index contributed by atoms with van der Waals surface area (Å²) in [5, 5.41) is 9.35. The van der Waals surface area contributed by atoms with Gasteiger partial charge in [-0.3, -0.25) is 0 Å². The van der Waals surface area contributed by atoms with E-state index in [-0.39, 0.29) is 12.2 Å². The van der Waals surface area contributed by atoms with E-state index in [0.29, 0.717) is 0 Å². The van der Waals surface area contributed by atoms with Crippen LogP contribution in [0.2, 0.25) is 0 Å². The lowest BCUT2D eigenvalue weighted by Crippen LogP contribution is -2.24. The molecule has 0 unspecified atom stereocenters. The highest BCUT2D eigenvalue weighted by molar-refractivity contribution is 4.87. The van der Waals surface area contributed by atoms with Gasteiger partial charge in [-0.25, -0.2) is 0 Å². The van der Waals surface area contributed by atoms with Crippen LogP contribution >= 0.6 is 0 Å². The fraction of sp³-hybridized carbons (Fsp3) is 0.750. The van der Waals surface area contributed by atoms with Gasteiger partial charge in [0.1, 0.15) is 6.10 Å². The first-order valence-electron chi connectivity index (χ1n) is 3.77. The van der Waals surface area contributed by atoms with E-state index in [1.807, 2.05) is 0 Å². The van der Waals surface area contributed by atoms with Crippen molar-refractivity contribution in [1.82, 2.24) is 0 Å². The molecule has 1 N–H and O–H groups in total. The molecule has 0 radical (unpaired) electrons. The zero-order valence-electron chi connectivity index (χ0n) is 6.12. The standard InChI is InChI=1S/C8H14O2/c1-2-8-7(9)5-3-4-6-10-8/h2,7-9H,1,3-6H2/t7-,8+/m1/s1. The molecule has 0 spiro atoms. The highest BCUT2D eigenvalue weighted by Gasteiger charge is 2.18. The molecule has 1 aliphatic heterocycles. The van der Waals surface area contributed by atoms with Gasteiger partial charge < -0.3 is 9.84 Å². The first-order chi connectivity index (χ1) is 4.84. The van der Waals surface area contributed by atoms with E-state index in [1.165, 1.54) is 0 Å². The average molecular weight is 142 g/mol. The van der Waals surface area contributed by atoms with E-state index < -0.39 is 0 Å². The minimum Gasteiger partial charge on any atom is -0.390 e. The molecule has 0 aromatic rings. The normalized spacial score (nSPS) is 34.9. The van der Waals surface area contributed by atoms with E-state index in [2.05, 4.69) is 6.58 Å². The maximum Gasteiger partial charge on any atom is 0.101 e. The molecule has 1 saturated heterocycles. The highest BCUT2D eigenvalue weighted by atomic mass is 16.5. The highest BCUT2D eigenvalue weighted by Crippen LogP contribution is 2.14. The van der Waals surface area contributed by atoms with Crippen molar-refractivity contribution in [3.63, 3.8) is 0 Å². The lowest BCUT2D eigenvalue weighted by atomic mass is 10.1. The molecular weight excluding hydrogens is 128 g/mol. The summed E-state index contributed by atoms with van der Waals surface area (Å²) in [5.41, 5.74) is 0. The molecule has 2 nitrogen and oxygen atoms in total. The van der Waals surface area contributed by atoms with Crippen molar-refractivity contribution < 1.29 is 9.84 Å². The van der Waals surface area contributed by atoms with Gasteiger partial charge in [0.25, 0.3) is 0 Å². The number of ether oxygens (including phenoxy) is 1. The van der Waals surface area contributed by atoms with Crippen molar-refractivity contribution in [2.24, 2.45) is 0 Å². The predicted molar refractivity (Wildman–Crippen MR) is 39.8 cm³/mol. The maximum atomic E-state index is 9.35. The summed E-state index contributed by atoms with van der Waals surface area (Å²) in [6, 6.07) is 0. The summed E-state index contributed by atoms with van der Waals surface area (Å²) >= 11 is 0. The Morgan fingerprint density at radius 3 is 3.00 bits per heavy atom. The third-order valence-electron chi connectivity index (χ3n) is 1.82. The van der Waals surface area contributed by atoms with Gasteiger partial charge in [-0.15, -0.1) is 6.58 Å². The van der Waals surface area contributed by atoms with Crippen molar-refractivity contribution in [3.8, 4) is 0 Å². The van der Waals surface area contributed by atoms with E-state index in [1.54, 1.807) is 6.08 Å². The third-order valence-corrected chi connectivity index (χ3v) is 1.82. The van der Waals surface area contributed by atoms with Crippen molar-refractivity contribution in [3.05, 3.63) is 12.7 Å². The van der Waals surface area contributed by atoms with Crippen molar-refractivity contribution >= 4 is 0 Å². The number of aliphatic hydroxyl groups excluding tert-OH is 1. The molecule has 2 atom stereocenters. The Balaban J connectivity index is 2.43. The Kier molecular flexibility index (Phi) is 2.90. The molecule has 58 valence electrons. The molecule has 10 heavy (non-hydrogen) atoms. The predicted octanol–water partition coefficient (Wildman–Crippen LogP) is 1.10. The fourth-order valence-corrected chi connectivity index (χ4v) is 1.18. The van der Waals surface area contributed by atoms with Crippen LogP contribution in [0.3, 0.4) is 0 Å². The molecule has 1 rings (SSSR count). The van der Waals surface area contributed by atoms with E-state index in [0.717, 1.165) is 25.9 Å². The lowest BCUT2D eigenvalue weighted by molar-refractivity contribution is 0.00365. The molecule has 1 aliphatic rings. The summed E-state index contributed by atoms with van der Waals surface area (Å²) in [6.07, 6.45) is 4.17. The van der Waals surface area contributed by atoms with Crippen LogP contribution in [0, 0.1) is 0 Å². The minimum atomic E-state index is -0.333. The Labute approximate surface area is 61.5 Å². The van der Waals surface area contributed by atoms with Crippen LogP contribution in [0.4, 0.5) is 0 Å². The smallest absolute Gasteiger partial charge is 0.101 e. The second-order valence-corrected chi connectivity index (χ2v) is 2.63. The molecule has 1 heterocycles. The summed E-state index contributed by atoms with van der Waals surface area (Å²) in [6.45, 7) is 4.35. The summed E-state index contributed by atoms with van der Waals surface area (Å²) < 4.78 is 5.30. The van der Waals surface area contributed by atoms with E-state index in [4.69, 9.17) is 4.74 Å². The number of rotatable bonds is 1. The van der Waals surface area contributed by atoms with Crippen LogP contribution in [-0.4, -0.2) is 23.9 Å². The van der Waals surface area contributed by atoms with Gasteiger partial charge in [0.2, 0.25) is 0 Å². The molecule has 0 saturated carbocycles. The Morgan fingerprint density at radius 1 is 1.50 bits per heavy atom. The summed E-state index contributed by atoms with van der Waals surface area (Å²) in [4.78, 5) is 0. The molecule has 0 amide bonds. The molecule has 0 aromatic heterocycles. The van der Waals surface area contributed by atoms with Gasteiger partial charge >= 0.3 is 0 Å². The SMILES string of the molecule is C=C[C@@H]1OCCCC[C@H]1O. The monoisotopic (exact) mass is 142 g/mol. The molecule has 1 fully saturated rings. The molecule has 0 aliphatic carbocycles. The van der Waals surface area contributed by atoms with Gasteiger partial charge in [-0.1, -0.05) is 6.08 Å². The van der Waals surface area contributed by atoms with E-state index >= 15 is 0 Å².